The largest absolute Gasteiger partial charge is 0.382 e. The summed E-state index contributed by atoms with van der Waals surface area (Å²) in [6.45, 7) is 9.84. The van der Waals surface area contributed by atoms with Crippen molar-refractivity contribution in [1.29, 1.82) is 0 Å². The van der Waals surface area contributed by atoms with E-state index in [4.69, 9.17) is 23.7 Å². The molecule has 0 saturated carbocycles. The van der Waals surface area contributed by atoms with Gasteiger partial charge in [0.1, 0.15) is 0 Å². The predicted octanol–water partition coefficient (Wildman–Crippen LogP) is 17.5. The normalized spacial score (nSPS) is 11.7. The number of hydrogen-bond acceptors (Lipinski definition) is 8. The molecule has 8 heteroatoms. The van der Waals surface area contributed by atoms with Crippen molar-refractivity contribution in [2.75, 3.05) is 60.0 Å². The Morgan fingerprint density at radius 1 is 0.403 bits per heavy atom. The third kappa shape index (κ3) is 27.4. The Morgan fingerprint density at radius 2 is 0.839 bits per heavy atom. The summed E-state index contributed by atoms with van der Waals surface area (Å²) in [7, 11) is 1.68. The van der Waals surface area contributed by atoms with E-state index in [2.05, 4.69) is 42.8 Å². The molecule has 356 valence electrons. The predicted molar refractivity (Wildman–Crippen MR) is 273 cm³/mol. The van der Waals surface area contributed by atoms with E-state index in [-0.39, 0.29) is 0 Å². The molecule has 0 bridgehead atoms. The van der Waals surface area contributed by atoms with E-state index in [1.807, 2.05) is 34.0 Å². The standard InChI is InChI=1S/C54H92O5S3/c1-4-6-8-10-12-14-16-18-20-22-24-26-28-30-32-48-44-51(61-47-48)52-45-50(46-59-42-41-58-40-39-57-38-37-56-36-35-55-3)54(62-52)53-49(34-43-60-53)33-31-29-27-25-23-21-19-17-15-13-11-9-7-5-2/h34,43-45,47H,4-33,35-42,46H2,1-3H3. The molecule has 0 amide bonds. The van der Waals surface area contributed by atoms with E-state index in [0.29, 0.717) is 59.5 Å². The van der Waals surface area contributed by atoms with E-state index >= 15 is 0 Å². The van der Waals surface area contributed by atoms with E-state index in [9.17, 15) is 0 Å². The first kappa shape index (κ1) is 55.2. The highest BCUT2D eigenvalue weighted by Gasteiger charge is 2.18. The van der Waals surface area contributed by atoms with Crippen LogP contribution in [0, 0.1) is 0 Å². The second kappa shape index (κ2) is 40.2. The summed E-state index contributed by atoms with van der Waals surface area (Å²) in [4.78, 5) is 5.64. The van der Waals surface area contributed by atoms with Gasteiger partial charge in [0.15, 0.2) is 0 Å². The maximum Gasteiger partial charge on any atom is 0.0732 e. The van der Waals surface area contributed by atoms with Gasteiger partial charge in [0.2, 0.25) is 0 Å². The SMILES string of the molecule is CCCCCCCCCCCCCCCCc1csc(-c2cc(COCCOCCOCCOCCOC)c(-c3sccc3CCCCCCCCCCCCCCCC)s2)c1. The topological polar surface area (TPSA) is 46.2 Å². The minimum absolute atomic E-state index is 0.563. The van der Waals surface area contributed by atoms with E-state index in [1.165, 1.54) is 229 Å². The molecular weight excluding hydrogens is 825 g/mol. The zero-order chi connectivity index (χ0) is 43.8. The van der Waals surface area contributed by atoms with Crippen LogP contribution in [0.3, 0.4) is 0 Å². The Labute approximate surface area is 393 Å². The van der Waals surface area contributed by atoms with Gasteiger partial charge in [-0.2, -0.15) is 0 Å². The zero-order valence-electron chi connectivity index (χ0n) is 40.2. The second-order valence-corrected chi connectivity index (χ2v) is 20.5. The maximum atomic E-state index is 6.27. The number of ether oxygens (including phenoxy) is 5. The fourth-order valence-corrected chi connectivity index (χ4v) is 11.6. The second-order valence-electron chi connectivity index (χ2n) is 17.6. The maximum absolute atomic E-state index is 6.27. The lowest BCUT2D eigenvalue weighted by Crippen LogP contribution is -2.12. The van der Waals surface area contributed by atoms with Crippen molar-refractivity contribution >= 4 is 34.0 Å². The van der Waals surface area contributed by atoms with Crippen LogP contribution in [0.15, 0.2) is 29.0 Å². The molecule has 0 N–H and O–H groups in total. The van der Waals surface area contributed by atoms with E-state index < -0.39 is 0 Å². The first-order valence-electron chi connectivity index (χ1n) is 25.8. The summed E-state index contributed by atoms with van der Waals surface area (Å²) >= 11 is 5.80. The molecule has 0 aliphatic carbocycles. The molecule has 0 unspecified atom stereocenters. The average Bonchev–Trinajstić information content (AvgIpc) is 4.06. The van der Waals surface area contributed by atoms with Gasteiger partial charge < -0.3 is 23.7 Å². The monoisotopic (exact) mass is 917 g/mol. The fraction of sp³-hybridized carbons (Fsp3) is 0.778. The molecular formula is C54H92O5S3. The zero-order valence-corrected chi connectivity index (χ0v) is 42.7. The Morgan fingerprint density at radius 3 is 1.32 bits per heavy atom. The van der Waals surface area contributed by atoms with Crippen molar-refractivity contribution in [3.63, 3.8) is 0 Å². The van der Waals surface area contributed by atoms with Crippen LogP contribution in [-0.2, 0) is 43.1 Å². The molecule has 0 aromatic carbocycles. The summed E-state index contributed by atoms with van der Waals surface area (Å²) in [5, 5.41) is 4.72. The number of methoxy groups -OCH3 is 1. The molecule has 3 rings (SSSR count). The van der Waals surface area contributed by atoms with Crippen LogP contribution >= 0.6 is 34.0 Å². The minimum Gasteiger partial charge on any atom is -0.382 e. The molecule has 0 atom stereocenters. The summed E-state index contributed by atoms with van der Waals surface area (Å²) in [5.74, 6) is 0. The highest BCUT2D eigenvalue weighted by atomic mass is 32.1. The summed E-state index contributed by atoms with van der Waals surface area (Å²) < 4.78 is 28.2. The summed E-state index contributed by atoms with van der Waals surface area (Å²) in [6.07, 6.45) is 41.7. The van der Waals surface area contributed by atoms with Crippen LogP contribution in [0.4, 0.5) is 0 Å². The number of thiophene rings is 3. The third-order valence-electron chi connectivity index (χ3n) is 12.1. The highest BCUT2D eigenvalue weighted by molar-refractivity contribution is 7.26. The first-order chi connectivity index (χ1) is 30.8. The molecule has 0 fully saturated rings. The Hall–Kier alpha value is -1.10. The number of hydrogen-bond donors (Lipinski definition) is 0. The van der Waals surface area contributed by atoms with Crippen molar-refractivity contribution < 1.29 is 23.7 Å². The molecule has 62 heavy (non-hydrogen) atoms. The minimum atomic E-state index is 0.563. The van der Waals surface area contributed by atoms with Crippen LogP contribution in [0.1, 0.15) is 210 Å². The Kier molecular flexibility index (Phi) is 35.8. The van der Waals surface area contributed by atoms with Gasteiger partial charge in [-0.1, -0.05) is 181 Å². The van der Waals surface area contributed by atoms with Gasteiger partial charge in [0.05, 0.1) is 64.3 Å². The van der Waals surface area contributed by atoms with Gasteiger partial charge in [0.25, 0.3) is 0 Å². The fourth-order valence-electron chi connectivity index (χ4n) is 8.24. The number of rotatable bonds is 46. The highest BCUT2D eigenvalue weighted by Crippen LogP contribution is 2.44. The van der Waals surface area contributed by atoms with Crippen LogP contribution < -0.4 is 0 Å². The molecule has 5 nitrogen and oxygen atoms in total. The molecule has 3 aromatic heterocycles. The molecule has 3 aromatic rings. The Bertz CT molecular complexity index is 1400. The molecule has 0 spiro atoms. The van der Waals surface area contributed by atoms with Gasteiger partial charge in [-0.05, 0) is 71.3 Å². The van der Waals surface area contributed by atoms with Crippen molar-refractivity contribution in [2.45, 2.75) is 213 Å². The lowest BCUT2D eigenvalue weighted by atomic mass is 10.0. The lowest BCUT2D eigenvalue weighted by Gasteiger charge is -2.09. The van der Waals surface area contributed by atoms with Crippen molar-refractivity contribution in [1.82, 2.24) is 0 Å². The van der Waals surface area contributed by atoms with Gasteiger partial charge in [0, 0.05) is 21.7 Å². The Balaban J connectivity index is 1.42. The van der Waals surface area contributed by atoms with Gasteiger partial charge >= 0.3 is 0 Å². The van der Waals surface area contributed by atoms with E-state index in [1.54, 1.807) is 7.11 Å². The van der Waals surface area contributed by atoms with E-state index in [0.717, 1.165) is 0 Å². The van der Waals surface area contributed by atoms with Crippen LogP contribution in [0.5, 0.6) is 0 Å². The molecule has 3 heterocycles. The first-order valence-corrected chi connectivity index (χ1v) is 28.4. The quantitative estimate of drug-likeness (QED) is 0.0529. The third-order valence-corrected chi connectivity index (χ3v) is 15.6. The summed E-state index contributed by atoms with van der Waals surface area (Å²) in [6, 6.07) is 7.27. The summed E-state index contributed by atoms with van der Waals surface area (Å²) in [5.41, 5.74) is 4.33. The number of unbranched alkanes of at least 4 members (excludes halogenated alkanes) is 26. The van der Waals surface area contributed by atoms with Crippen molar-refractivity contribution in [2.24, 2.45) is 0 Å². The molecule has 0 aliphatic rings. The van der Waals surface area contributed by atoms with Gasteiger partial charge in [-0.3, -0.25) is 0 Å². The van der Waals surface area contributed by atoms with Crippen molar-refractivity contribution in [3.05, 3.63) is 45.6 Å². The molecule has 0 radical (unpaired) electrons. The molecule has 0 aliphatic heterocycles. The van der Waals surface area contributed by atoms with Crippen LogP contribution in [0.2, 0.25) is 0 Å². The van der Waals surface area contributed by atoms with Crippen molar-refractivity contribution in [3.8, 4) is 19.5 Å². The molecule has 0 saturated heterocycles. The van der Waals surface area contributed by atoms with Crippen LogP contribution in [-0.4, -0.2) is 60.0 Å². The van der Waals surface area contributed by atoms with Gasteiger partial charge in [-0.25, -0.2) is 0 Å². The smallest absolute Gasteiger partial charge is 0.0732 e. The average molecular weight is 918 g/mol. The van der Waals surface area contributed by atoms with Crippen LogP contribution in [0.25, 0.3) is 19.5 Å². The lowest BCUT2D eigenvalue weighted by molar-refractivity contribution is -0.00943. The number of aryl methyl sites for hydroxylation is 2. The van der Waals surface area contributed by atoms with Gasteiger partial charge in [-0.15, -0.1) is 34.0 Å².